The minimum Gasteiger partial charge on any atom is -0.330 e. The summed E-state index contributed by atoms with van der Waals surface area (Å²) in [6, 6.07) is 8.62. The van der Waals surface area contributed by atoms with Gasteiger partial charge in [-0.1, -0.05) is 41.9 Å². The number of benzene rings is 1. The van der Waals surface area contributed by atoms with Crippen molar-refractivity contribution in [2.45, 2.75) is 33.1 Å². The lowest BCUT2D eigenvalue weighted by Crippen LogP contribution is -2.21. The quantitative estimate of drug-likeness (QED) is 0.894. The molecular weight excluding hydrogens is 262 g/mol. The zero-order chi connectivity index (χ0) is 11.8. The van der Waals surface area contributed by atoms with Crippen molar-refractivity contribution < 1.29 is 0 Å². The molecule has 2 heteroatoms. The van der Waals surface area contributed by atoms with Crippen LogP contribution in [0.3, 0.4) is 0 Å². The fraction of sp³-hybridized carbons (Fsp3) is 0.571. The molecule has 2 N–H and O–H groups in total. The summed E-state index contributed by atoms with van der Waals surface area (Å²) in [6.07, 6.45) is 3.65. The highest BCUT2D eigenvalue weighted by molar-refractivity contribution is 9.10. The SMILES string of the molecule is CC1(C)CC1(CN)CCc1ccc(Br)cc1. The van der Waals surface area contributed by atoms with E-state index in [9.17, 15) is 0 Å². The summed E-state index contributed by atoms with van der Waals surface area (Å²) in [6.45, 7) is 5.50. The number of aryl methyl sites for hydroxylation is 1. The summed E-state index contributed by atoms with van der Waals surface area (Å²) in [5.41, 5.74) is 8.20. The monoisotopic (exact) mass is 281 g/mol. The lowest BCUT2D eigenvalue weighted by molar-refractivity contribution is 0.365. The van der Waals surface area contributed by atoms with Crippen molar-refractivity contribution in [2.75, 3.05) is 6.54 Å². The molecule has 1 aromatic rings. The average Bonchev–Trinajstić information content (AvgIpc) is 2.81. The second-order valence-electron chi connectivity index (χ2n) is 5.67. The summed E-state index contributed by atoms with van der Waals surface area (Å²) < 4.78 is 1.15. The van der Waals surface area contributed by atoms with Crippen LogP contribution in [0.25, 0.3) is 0 Å². The zero-order valence-corrected chi connectivity index (χ0v) is 11.7. The van der Waals surface area contributed by atoms with E-state index in [-0.39, 0.29) is 0 Å². The minimum absolute atomic E-state index is 0.403. The fourth-order valence-electron chi connectivity index (χ4n) is 2.71. The first-order chi connectivity index (χ1) is 7.49. The Hall–Kier alpha value is -0.340. The molecule has 1 aromatic carbocycles. The Labute approximate surface area is 107 Å². The van der Waals surface area contributed by atoms with Crippen LogP contribution in [-0.2, 0) is 6.42 Å². The van der Waals surface area contributed by atoms with Gasteiger partial charge in [-0.15, -0.1) is 0 Å². The Kier molecular flexibility index (Phi) is 3.15. The van der Waals surface area contributed by atoms with Gasteiger partial charge in [-0.3, -0.25) is 0 Å². The molecule has 0 radical (unpaired) electrons. The third-order valence-electron chi connectivity index (χ3n) is 4.29. The third kappa shape index (κ3) is 2.18. The summed E-state index contributed by atoms with van der Waals surface area (Å²) in [5.74, 6) is 0. The van der Waals surface area contributed by atoms with Crippen LogP contribution in [0.2, 0.25) is 0 Å². The van der Waals surface area contributed by atoms with Gasteiger partial charge in [0.05, 0.1) is 0 Å². The zero-order valence-electron chi connectivity index (χ0n) is 10.1. The maximum absolute atomic E-state index is 5.93. The Bertz CT molecular complexity index is 369. The third-order valence-corrected chi connectivity index (χ3v) is 4.82. The molecule has 0 aliphatic heterocycles. The number of hydrogen-bond acceptors (Lipinski definition) is 1. The molecule has 88 valence electrons. The van der Waals surface area contributed by atoms with Crippen molar-refractivity contribution in [3.63, 3.8) is 0 Å². The Morgan fingerprint density at radius 3 is 2.25 bits per heavy atom. The molecule has 1 nitrogen and oxygen atoms in total. The van der Waals surface area contributed by atoms with Crippen LogP contribution in [0.1, 0.15) is 32.3 Å². The Morgan fingerprint density at radius 1 is 1.25 bits per heavy atom. The van der Waals surface area contributed by atoms with Crippen molar-refractivity contribution in [3.8, 4) is 0 Å². The molecule has 0 aromatic heterocycles. The number of nitrogens with two attached hydrogens (primary N) is 1. The second-order valence-corrected chi connectivity index (χ2v) is 6.59. The van der Waals surface area contributed by atoms with Crippen LogP contribution < -0.4 is 5.73 Å². The maximum atomic E-state index is 5.93. The fourth-order valence-corrected chi connectivity index (χ4v) is 2.98. The van der Waals surface area contributed by atoms with E-state index in [0.29, 0.717) is 10.8 Å². The summed E-state index contributed by atoms with van der Waals surface area (Å²) >= 11 is 3.46. The predicted octanol–water partition coefficient (Wildman–Crippen LogP) is 3.76. The van der Waals surface area contributed by atoms with Crippen LogP contribution in [0.15, 0.2) is 28.7 Å². The van der Waals surface area contributed by atoms with E-state index in [1.807, 2.05) is 0 Å². The smallest absolute Gasteiger partial charge is 0.0175 e. The summed E-state index contributed by atoms with van der Waals surface area (Å²) in [4.78, 5) is 0. The van der Waals surface area contributed by atoms with Crippen molar-refractivity contribution in [1.82, 2.24) is 0 Å². The van der Waals surface area contributed by atoms with Gasteiger partial charge >= 0.3 is 0 Å². The molecule has 1 unspecified atom stereocenters. The Morgan fingerprint density at radius 2 is 1.81 bits per heavy atom. The van der Waals surface area contributed by atoms with Gasteiger partial charge in [0, 0.05) is 4.47 Å². The minimum atomic E-state index is 0.403. The van der Waals surface area contributed by atoms with Gasteiger partial charge in [0.15, 0.2) is 0 Å². The molecule has 0 spiro atoms. The Balaban J connectivity index is 1.95. The first-order valence-corrected chi connectivity index (χ1v) is 6.73. The van der Waals surface area contributed by atoms with Crippen LogP contribution in [0.5, 0.6) is 0 Å². The molecule has 2 rings (SSSR count). The van der Waals surface area contributed by atoms with E-state index in [2.05, 4.69) is 54.0 Å². The number of rotatable bonds is 4. The van der Waals surface area contributed by atoms with E-state index in [4.69, 9.17) is 5.73 Å². The highest BCUT2D eigenvalue weighted by Gasteiger charge is 2.58. The molecule has 0 bridgehead atoms. The lowest BCUT2D eigenvalue weighted by Gasteiger charge is -2.18. The molecule has 0 heterocycles. The first kappa shape index (κ1) is 12.1. The van der Waals surface area contributed by atoms with Crippen molar-refractivity contribution in [2.24, 2.45) is 16.6 Å². The molecule has 0 amide bonds. The van der Waals surface area contributed by atoms with Gasteiger partial charge in [-0.25, -0.2) is 0 Å². The largest absolute Gasteiger partial charge is 0.330 e. The van der Waals surface area contributed by atoms with Crippen molar-refractivity contribution in [1.29, 1.82) is 0 Å². The molecule has 1 saturated carbocycles. The molecule has 1 aliphatic rings. The molecule has 1 aliphatic carbocycles. The van der Waals surface area contributed by atoms with Gasteiger partial charge in [-0.2, -0.15) is 0 Å². The van der Waals surface area contributed by atoms with Crippen LogP contribution in [0, 0.1) is 10.8 Å². The van der Waals surface area contributed by atoms with Gasteiger partial charge in [0.1, 0.15) is 0 Å². The maximum Gasteiger partial charge on any atom is 0.0175 e. The highest BCUT2D eigenvalue weighted by Crippen LogP contribution is 2.65. The molecule has 0 saturated heterocycles. The first-order valence-electron chi connectivity index (χ1n) is 5.94. The second kappa shape index (κ2) is 4.15. The van der Waals surface area contributed by atoms with E-state index in [1.54, 1.807) is 0 Å². The molecule has 1 atom stereocenters. The van der Waals surface area contributed by atoms with Crippen LogP contribution >= 0.6 is 15.9 Å². The predicted molar refractivity (Wildman–Crippen MR) is 72.3 cm³/mol. The summed E-state index contributed by atoms with van der Waals surface area (Å²) in [5, 5.41) is 0. The van der Waals surface area contributed by atoms with E-state index in [1.165, 1.54) is 18.4 Å². The van der Waals surface area contributed by atoms with Gasteiger partial charge in [-0.05, 0) is 54.3 Å². The van der Waals surface area contributed by atoms with Crippen molar-refractivity contribution in [3.05, 3.63) is 34.3 Å². The van der Waals surface area contributed by atoms with Gasteiger partial charge < -0.3 is 5.73 Å². The standard InChI is InChI=1S/C14H20BrN/c1-13(2)9-14(13,10-16)8-7-11-3-5-12(15)6-4-11/h3-6H,7-10,16H2,1-2H3. The highest BCUT2D eigenvalue weighted by atomic mass is 79.9. The van der Waals surface area contributed by atoms with E-state index >= 15 is 0 Å². The normalized spacial score (nSPS) is 26.8. The van der Waals surface area contributed by atoms with Crippen LogP contribution in [-0.4, -0.2) is 6.54 Å². The van der Waals surface area contributed by atoms with Crippen LogP contribution in [0.4, 0.5) is 0 Å². The number of hydrogen-bond donors (Lipinski definition) is 1. The average molecular weight is 282 g/mol. The molecular formula is C14H20BrN. The van der Waals surface area contributed by atoms with Crippen molar-refractivity contribution >= 4 is 15.9 Å². The number of halogens is 1. The summed E-state index contributed by atoms with van der Waals surface area (Å²) in [7, 11) is 0. The van der Waals surface area contributed by atoms with E-state index < -0.39 is 0 Å². The van der Waals surface area contributed by atoms with E-state index in [0.717, 1.165) is 17.4 Å². The molecule has 16 heavy (non-hydrogen) atoms. The molecule has 1 fully saturated rings. The van der Waals surface area contributed by atoms with Gasteiger partial charge in [0.25, 0.3) is 0 Å². The topological polar surface area (TPSA) is 26.0 Å². The van der Waals surface area contributed by atoms with Gasteiger partial charge in [0.2, 0.25) is 0 Å². The lowest BCUT2D eigenvalue weighted by atomic mass is 9.89.